The van der Waals surface area contributed by atoms with Crippen molar-refractivity contribution in [3.8, 4) is 0 Å². The van der Waals surface area contributed by atoms with Crippen LogP contribution in [0.4, 0.5) is 0 Å². The molecule has 0 saturated heterocycles. The van der Waals surface area contributed by atoms with Crippen molar-refractivity contribution < 1.29 is 0 Å². The fourth-order valence-corrected chi connectivity index (χ4v) is 2.60. The van der Waals surface area contributed by atoms with Gasteiger partial charge in [0.2, 0.25) is 0 Å². The van der Waals surface area contributed by atoms with Gasteiger partial charge in [-0.3, -0.25) is 4.79 Å². The van der Waals surface area contributed by atoms with Crippen LogP contribution in [0, 0.1) is 0 Å². The van der Waals surface area contributed by atoms with Gasteiger partial charge in [-0.1, -0.05) is 27.7 Å². The van der Waals surface area contributed by atoms with Crippen molar-refractivity contribution in [1.82, 2.24) is 9.55 Å². The van der Waals surface area contributed by atoms with E-state index >= 15 is 0 Å². The Hall–Kier alpha value is -1.12. The predicted molar refractivity (Wildman–Crippen MR) is 64.9 cm³/mol. The molecule has 88 valence electrons. The van der Waals surface area contributed by atoms with Gasteiger partial charge in [0.05, 0.1) is 6.33 Å². The molecule has 3 heteroatoms. The minimum Gasteiger partial charge on any atom is -0.332 e. The molecule has 1 aliphatic rings. The third-order valence-corrected chi connectivity index (χ3v) is 4.34. The average molecular weight is 220 g/mol. The molecule has 0 saturated carbocycles. The van der Waals surface area contributed by atoms with Gasteiger partial charge in [-0.15, -0.1) is 0 Å². The zero-order chi connectivity index (χ0) is 12.3. The van der Waals surface area contributed by atoms with Crippen LogP contribution in [0.15, 0.2) is 11.1 Å². The molecular formula is C13H20N2O. The smallest absolute Gasteiger partial charge is 0.276 e. The van der Waals surface area contributed by atoms with Crippen LogP contribution in [0.2, 0.25) is 0 Å². The van der Waals surface area contributed by atoms with E-state index in [0.717, 1.165) is 11.3 Å². The van der Waals surface area contributed by atoms with E-state index in [1.54, 1.807) is 6.33 Å². The van der Waals surface area contributed by atoms with Crippen LogP contribution in [0.1, 0.15) is 58.8 Å². The zero-order valence-electron chi connectivity index (χ0n) is 11.0. The first-order chi connectivity index (χ1) is 7.21. The number of nitrogens with zero attached hydrogens (tertiary/aromatic N) is 2. The monoisotopic (exact) mass is 220 g/mol. The highest BCUT2D eigenvalue weighted by atomic mass is 16.1. The molecule has 3 nitrogen and oxygen atoms in total. The normalized spacial score (nSPS) is 20.4. The maximum atomic E-state index is 11.8. The van der Waals surface area contributed by atoms with E-state index in [-0.39, 0.29) is 16.4 Å². The Morgan fingerprint density at radius 2 is 1.75 bits per heavy atom. The summed E-state index contributed by atoms with van der Waals surface area (Å²) < 4.78 is 2.13. The molecular weight excluding hydrogens is 200 g/mol. The molecule has 0 N–H and O–H groups in total. The van der Waals surface area contributed by atoms with Crippen LogP contribution in [-0.4, -0.2) is 9.55 Å². The Morgan fingerprint density at radius 3 is 2.25 bits per heavy atom. The van der Waals surface area contributed by atoms with Gasteiger partial charge in [0, 0.05) is 28.1 Å². The minimum absolute atomic E-state index is 0.0364. The number of aromatic nitrogens is 2. The molecule has 0 aliphatic heterocycles. The molecule has 0 aromatic carbocycles. The minimum atomic E-state index is -0.0791. The highest BCUT2D eigenvalue weighted by molar-refractivity contribution is 5.48. The second kappa shape index (κ2) is 2.96. The van der Waals surface area contributed by atoms with Crippen LogP contribution < -0.4 is 5.56 Å². The molecule has 2 rings (SSSR count). The first-order valence-electron chi connectivity index (χ1n) is 5.83. The topological polar surface area (TPSA) is 34.9 Å². The van der Waals surface area contributed by atoms with Crippen LogP contribution >= 0.6 is 0 Å². The standard InChI is InChI=1S/C13H20N2O/c1-8(2)15-7-14-11(16)9-10(15)13(5,6)12(9,3)4/h7-8H,1-6H3. The molecule has 0 amide bonds. The molecule has 0 radical (unpaired) electrons. The summed E-state index contributed by atoms with van der Waals surface area (Å²) in [5.74, 6) is 0. The molecule has 1 aromatic rings. The number of fused-ring (bicyclic) bond motifs is 1. The quantitative estimate of drug-likeness (QED) is 0.728. The van der Waals surface area contributed by atoms with Crippen LogP contribution in [0.5, 0.6) is 0 Å². The average Bonchev–Trinajstić information content (AvgIpc) is 2.16. The van der Waals surface area contributed by atoms with E-state index in [9.17, 15) is 4.79 Å². The Labute approximate surface area is 96.5 Å². The summed E-state index contributed by atoms with van der Waals surface area (Å²) in [6.45, 7) is 12.9. The summed E-state index contributed by atoms with van der Waals surface area (Å²) in [7, 11) is 0. The zero-order valence-corrected chi connectivity index (χ0v) is 11.0. The lowest BCUT2D eigenvalue weighted by atomic mass is 9.52. The van der Waals surface area contributed by atoms with Crippen molar-refractivity contribution >= 4 is 0 Å². The van der Waals surface area contributed by atoms with Gasteiger partial charge in [0.15, 0.2) is 0 Å². The third-order valence-electron chi connectivity index (χ3n) is 4.34. The second-order valence-corrected chi connectivity index (χ2v) is 6.02. The second-order valence-electron chi connectivity index (χ2n) is 6.02. The molecule has 0 atom stereocenters. The van der Waals surface area contributed by atoms with Crippen LogP contribution in [0.3, 0.4) is 0 Å². The largest absolute Gasteiger partial charge is 0.332 e. The maximum absolute atomic E-state index is 11.8. The maximum Gasteiger partial charge on any atom is 0.276 e. The predicted octanol–water partition coefficient (Wildman–Crippen LogP) is 2.39. The summed E-state index contributed by atoms with van der Waals surface area (Å²) in [5.41, 5.74) is 1.95. The summed E-state index contributed by atoms with van der Waals surface area (Å²) in [4.78, 5) is 15.8. The van der Waals surface area contributed by atoms with Gasteiger partial charge in [0.1, 0.15) is 0 Å². The fourth-order valence-electron chi connectivity index (χ4n) is 2.60. The Bertz CT molecular complexity index is 495. The summed E-state index contributed by atoms with van der Waals surface area (Å²) in [6.07, 6.45) is 1.68. The van der Waals surface area contributed by atoms with Gasteiger partial charge in [-0.05, 0) is 13.8 Å². The fraction of sp³-hybridized carbons (Fsp3) is 0.692. The van der Waals surface area contributed by atoms with Crippen molar-refractivity contribution in [3.05, 3.63) is 27.9 Å². The van der Waals surface area contributed by atoms with E-state index < -0.39 is 0 Å². The Kier molecular flexibility index (Phi) is 2.10. The van der Waals surface area contributed by atoms with Gasteiger partial charge in [0.25, 0.3) is 5.56 Å². The first kappa shape index (κ1) is 11.4. The van der Waals surface area contributed by atoms with Gasteiger partial charge >= 0.3 is 0 Å². The first-order valence-corrected chi connectivity index (χ1v) is 5.83. The summed E-state index contributed by atoms with van der Waals surface area (Å²) >= 11 is 0. The van der Waals surface area contributed by atoms with Crippen molar-refractivity contribution in [3.63, 3.8) is 0 Å². The highest BCUT2D eigenvalue weighted by Gasteiger charge is 2.55. The van der Waals surface area contributed by atoms with Gasteiger partial charge < -0.3 is 4.57 Å². The molecule has 16 heavy (non-hydrogen) atoms. The van der Waals surface area contributed by atoms with Crippen molar-refractivity contribution in [2.75, 3.05) is 0 Å². The molecule has 1 aromatic heterocycles. The van der Waals surface area contributed by atoms with E-state index in [0.29, 0.717) is 6.04 Å². The molecule has 0 bridgehead atoms. The van der Waals surface area contributed by atoms with E-state index in [2.05, 4.69) is 51.1 Å². The van der Waals surface area contributed by atoms with E-state index in [1.807, 2.05) is 0 Å². The number of hydrogen-bond acceptors (Lipinski definition) is 2. The SMILES string of the molecule is CC(C)n1cnc(=O)c2c1C(C)(C)C2(C)C. The van der Waals surface area contributed by atoms with Crippen molar-refractivity contribution in [1.29, 1.82) is 0 Å². The van der Waals surface area contributed by atoms with Crippen LogP contribution in [0.25, 0.3) is 0 Å². The number of rotatable bonds is 1. The number of hydrogen-bond donors (Lipinski definition) is 0. The third kappa shape index (κ3) is 1.09. The molecule has 0 spiro atoms. The highest BCUT2D eigenvalue weighted by Crippen LogP contribution is 2.53. The van der Waals surface area contributed by atoms with E-state index in [1.165, 1.54) is 0 Å². The molecule has 1 heterocycles. The lowest BCUT2D eigenvalue weighted by Gasteiger charge is -2.54. The van der Waals surface area contributed by atoms with Gasteiger partial charge in [-0.25, -0.2) is 0 Å². The molecule has 0 fully saturated rings. The lowest BCUT2D eigenvalue weighted by Crippen LogP contribution is -2.57. The Balaban J connectivity index is 2.79. The van der Waals surface area contributed by atoms with Crippen molar-refractivity contribution in [2.24, 2.45) is 0 Å². The lowest BCUT2D eigenvalue weighted by molar-refractivity contribution is 0.208. The Morgan fingerprint density at radius 1 is 1.19 bits per heavy atom. The van der Waals surface area contributed by atoms with Crippen LogP contribution in [-0.2, 0) is 10.8 Å². The van der Waals surface area contributed by atoms with Gasteiger partial charge in [-0.2, -0.15) is 4.98 Å². The molecule has 1 aliphatic carbocycles. The summed E-state index contributed by atoms with van der Waals surface area (Å²) in [6, 6.07) is 0.345. The summed E-state index contributed by atoms with van der Waals surface area (Å²) in [5, 5.41) is 0. The molecule has 0 unspecified atom stereocenters. The van der Waals surface area contributed by atoms with Crippen molar-refractivity contribution in [2.45, 2.75) is 58.4 Å². The van der Waals surface area contributed by atoms with E-state index in [4.69, 9.17) is 0 Å².